The molecule has 7 heteroatoms. The summed E-state index contributed by atoms with van der Waals surface area (Å²) < 4.78 is 30.7. The standard InChI is InChI=1S/C11H11BrF2INO2/c1-2-18-9(17)3-8-6(4-12)10(15)7(5-16-8)11(13)14/h5,11H,2-4H2,1H3. The van der Waals surface area contributed by atoms with Gasteiger partial charge in [0.1, 0.15) is 0 Å². The molecule has 0 aromatic carbocycles. The molecule has 1 aromatic heterocycles. The summed E-state index contributed by atoms with van der Waals surface area (Å²) in [5, 5.41) is 0.369. The minimum atomic E-state index is -2.57. The number of pyridine rings is 1. The molecule has 18 heavy (non-hydrogen) atoms. The van der Waals surface area contributed by atoms with Crippen LogP contribution in [0.2, 0.25) is 0 Å². The van der Waals surface area contributed by atoms with Gasteiger partial charge in [0.05, 0.1) is 18.7 Å². The van der Waals surface area contributed by atoms with Gasteiger partial charge in [0.15, 0.2) is 0 Å². The van der Waals surface area contributed by atoms with Crippen LogP contribution in [0.5, 0.6) is 0 Å². The van der Waals surface area contributed by atoms with Crippen molar-refractivity contribution in [1.82, 2.24) is 4.98 Å². The summed E-state index contributed by atoms with van der Waals surface area (Å²) in [5.74, 6) is -0.409. The third kappa shape index (κ3) is 3.84. The smallest absolute Gasteiger partial charge is 0.311 e. The van der Waals surface area contributed by atoms with E-state index in [1.54, 1.807) is 6.92 Å². The lowest BCUT2D eigenvalue weighted by Gasteiger charge is -2.11. The maximum absolute atomic E-state index is 12.7. The van der Waals surface area contributed by atoms with E-state index >= 15 is 0 Å². The molecular weight excluding hydrogens is 423 g/mol. The highest BCUT2D eigenvalue weighted by Crippen LogP contribution is 2.29. The van der Waals surface area contributed by atoms with Crippen LogP contribution in [0.3, 0.4) is 0 Å². The molecule has 0 aliphatic rings. The van der Waals surface area contributed by atoms with Crippen LogP contribution in [0, 0.1) is 3.57 Å². The SMILES string of the molecule is CCOC(=O)Cc1ncc(C(F)F)c(I)c1CBr. The van der Waals surface area contributed by atoms with Crippen LogP contribution in [0.4, 0.5) is 8.78 Å². The van der Waals surface area contributed by atoms with Gasteiger partial charge in [-0.3, -0.25) is 9.78 Å². The van der Waals surface area contributed by atoms with Crippen molar-refractivity contribution >= 4 is 44.5 Å². The molecule has 0 saturated carbocycles. The molecule has 0 radical (unpaired) electrons. The number of nitrogens with zero attached hydrogens (tertiary/aromatic N) is 1. The molecule has 100 valence electrons. The molecule has 0 N–H and O–H groups in total. The minimum Gasteiger partial charge on any atom is -0.466 e. The van der Waals surface area contributed by atoms with Crippen molar-refractivity contribution in [2.75, 3.05) is 6.61 Å². The monoisotopic (exact) mass is 433 g/mol. The zero-order valence-electron chi connectivity index (χ0n) is 9.55. The van der Waals surface area contributed by atoms with E-state index in [1.807, 2.05) is 22.6 Å². The number of ether oxygens (including phenoxy) is 1. The topological polar surface area (TPSA) is 39.2 Å². The quantitative estimate of drug-likeness (QED) is 0.404. The van der Waals surface area contributed by atoms with Gasteiger partial charge in [-0.2, -0.15) is 0 Å². The van der Waals surface area contributed by atoms with Gasteiger partial charge < -0.3 is 4.74 Å². The van der Waals surface area contributed by atoms with Crippen molar-refractivity contribution in [3.8, 4) is 0 Å². The Hall–Kier alpha value is -0.310. The fourth-order valence-corrected chi connectivity index (χ4v) is 3.38. The third-order valence-corrected chi connectivity index (χ3v) is 4.05. The van der Waals surface area contributed by atoms with E-state index in [4.69, 9.17) is 4.74 Å². The lowest BCUT2D eigenvalue weighted by molar-refractivity contribution is -0.142. The van der Waals surface area contributed by atoms with Crippen LogP contribution in [-0.2, 0) is 21.3 Å². The van der Waals surface area contributed by atoms with E-state index in [-0.39, 0.29) is 18.6 Å². The lowest BCUT2D eigenvalue weighted by atomic mass is 10.1. The number of hydrogen-bond donors (Lipinski definition) is 0. The number of alkyl halides is 3. The fraction of sp³-hybridized carbons (Fsp3) is 0.455. The van der Waals surface area contributed by atoms with Crippen LogP contribution in [0.1, 0.15) is 30.2 Å². The van der Waals surface area contributed by atoms with E-state index in [0.29, 0.717) is 20.2 Å². The summed E-state index contributed by atoms with van der Waals surface area (Å²) >= 11 is 5.08. The van der Waals surface area contributed by atoms with E-state index in [0.717, 1.165) is 6.20 Å². The lowest BCUT2D eigenvalue weighted by Crippen LogP contribution is -2.12. The molecular formula is C11H11BrF2INO2. The highest BCUT2D eigenvalue weighted by atomic mass is 127. The Labute approximate surface area is 126 Å². The van der Waals surface area contributed by atoms with E-state index in [9.17, 15) is 13.6 Å². The molecule has 1 rings (SSSR count). The third-order valence-electron chi connectivity index (χ3n) is 2.21. The van der Waals surface area contributed by atoms with Crippen molar-refractivity contribution in [3.05, 3.63) is 26.6 Å². The molecule has 0 atom stereocenters. The first kappa shape index (κ1) is 15.7. The van der Waals surface area contributed by atoms with E-state index < -0.39 is 12.4 Å². The molecule has 0 aliphatic heterocycles. The molecule has 0 aliphatic carbocycles. The first-order chi connectivity index (χ1) is 8.51. The number of rotatable bonds is 5. The Morgan fingerprint density at radius 3 is 2.78 bits per heavy atom. The van der Waals surface area contributed by atoms with Crippen molar-refractivity contribution in [2.45, 2.75) is 25.1 Å². The van der Waals surface area contributed by atoms with Crippen LogP contribution >= 0.6 is 38.5 Å². The van der Waals surface area contributed by atoms with Gasteiger partial charge in [0, 0.05) is 20.7 Å². The number of carbonyl (C=O) groups excluding carboxylic acids is 1. The van der Waals surface area contributed by atoms with Crippen molar-refractivity contribution in [3.63, 3.8) is 0 Å². The second-order valence-electron chi connectivity index (χ2n) is 3.37. The van der Waals surface area contributed by atoms with Gasteiger partial charge in [-0.1, -0.05) is 15.9 Å². The summed E-state index contributed by atoms with van der Waals surface area (Å²) in [7, 11) is 0. The Kier molecular flexibility index (Phi) is 6.40. The van der Waals surface area contributed by atoms with Gasteiger partial charge in [-0.15, -0.1) is 0 Å². The maximum atomic E-state index is 12.7. The highest BCUT2D eigenvalue weighted by Gasteiger charge is 2.19. The van der Waals surface area contributed by atoms with Crippen LogP contribution in [0.25, 0.3) is 0 Å². The molecule has 0 amide bonds. The number of halogens is 4. The van der Waals surface area contributed by atoms with Gasteiger partial charge >= 0.3 is 5.97 Å². The maximum Gasteiger partial charge on any atom is 0.311 e. The Bertz CT molecular complexity index is 443. The summed E-state index contributed by atoms with van der Waals surface area (Å²) in [6.45, 7) is 2.00. The number of aromatic nitrogens is 1. The van der Waals surface area contributed by atoms with E-state index in [2.05, 4.69) is 20.9 Å². The molecule has 0 fully saturated rings. The molecule has 0 unspecified atom stereocenters. The molecule has 0 bridgehead atoms. The number of hydrogen-bond acceptors (Lipinski definition) is 3. The van der Waals surface area contributed by atoms with Gasteiger partial charge in [0.25, 0.3) is 6.43 Å². The molecule has 3 nitrogen and oxygen atoms in total. The summed E-state index contributed by atoms with van der Waals surface area (Å²) in [6, 6.07) is 0. The van der Waals surface area contributed by atoms with Crippen LogP contribution in [0.15, 0.2) is 6.20 Å². The van der Waals surface area contributed by atoms with Gasteiger partial charge in [-0.25, -0.2) is 8.78 Å². The molecule has 1 heterocycles. The Balaban J connectivity index is 3.07. The summed E-state index contributed by atoms with van der Waals surface area (Å²) in [4.78, 5) is 15.3. The zero-order valence-corrected chi connectivity index (χ0v) is 13.3. The summed E-state index contributed by atoms with van der Waals surface area (Å²) in [5.41, 5.74) is 0.971. The van der Waals surface area contributed by atoms with E-state index in [1.165, 1.54) is 0 Å². The van der Waals surface area contributed by atoms with Gasteiger partial charge in [-0.05, 0) is 35.1 Å². The molecule has 0 spiro atoms. The van der Waals surface area contributed by atoms with Crippen molar-refractivity contribution in [1.29, 1.82) is 0 Å². The molecule has 0 saturated heterocycles. The first-order valence-electron chi connectivity index (χ1n) is 5.17. The van der Waals surface area contributed by atoms with Crippen molar-refractivity contribution in [2.24, 2.45) is 0 Å². The predicted octanol–water partition coefficient (Wildman–Crippen LogP) is 3.62. The second-order valence-corrected chi connectivity index (χ2v) is 5.01. The Morgan fingerprint density at radius 2 is 2.28 bits per heavy atom. The van der Waals surface area contributed by atoms with Crippen LogP contribution in [-0.4, -0.2) is 17.6 Å². The van der Waals surface area contributed by atoms with Crippen LogP contribution < -0.4 is 0 Å². The summed E-state index contributed by atoms with van der Waals surface area (Å²) in [6.07, 6.45) is -1.46. The second kappa shape index (κ2) is 7.32. The average molecular weight is 434 g/mol. The largest absolute Gasteiger partial charge is 0.466 e. The number of carbonyl (C=O) groups is 1. The predicted molar refractivity (Wildman–Crippen MR) is 74.9 cm³/mol. The average Bonchev–Trinajstić information content (AvgIpc) is 2.29. The first-order valence-corrected chi connectivity index (χ1v) is 7.37. The number of esters is 1. The minimum absolute atomic E-state index is 0.00566. The molecule has 1 aromatic rings. The normalized spacial score (nSPS) is 10.8. The Morgan fingerprint density at radius 1 is 1.61 bits per heavy atom. The highest BCUT2D eigenvalue weighted by molar-refractivity contribution is 14.1. The van der Waals surface area contributed by atoms with Gasteiger partial charge in [0.2, 0.25) is 0 Å². The van der Waals surface area contributed by atoms with Crippen molar-refractivity contribution < 1.29 is 18.3 Å². The zero-order chi connectivity index (χ0) is 13.7. The fourth-order valence-electron chi connectivity index (χ4n) is 1.37.